The van der Waals surface area contributed by atoms with Crippen LogP contribution in [0, 0.1) is 6.92 Å². The van der Waals surface area contributed by atoms with E-state index in [1.54, 1.807) is 6.21 Å². The zero-order valence-corrected chi connectivity index (χ0v) is 12.4. The summed E-state index contributed by atoms with van der Waals surface area (Å²) in [6, 6.07) is 7.74. The Bertz CT molecular complexity index is 619. The fourth-order valence-corrected chi connectivity index (χ4v) is 2.10. The van der Waals surface area contributed by atoms with Gasteiger partial charge < -0.3 is 4.74 Å². The number of hydrazone groups is 1. The van der Waals surface area contributed by atoms with Gasteiger partial charge in [-0.05, 0) is 37.1 Å². The van der Waals surface area contributed by atoms with Crippen LogP contribution < -0.4 is 10.2 Å². The van der Waals surface area contributed by atoms with Crippen LogP contribution in [0.1, 0.15) is 18.2 Å². The lowest BCUT2D eigenvalue weighted by molar-refractivity contribution is 0.352. The van der Waals surface area contributed by atoms with E-state index < -0.39 is 0 Å². The van der Waals surface area contributed by atoms with Crippen LogP contribution in [-0.2, 0) is 0 Å². The van der Waals surface area contributed by atoms with E-state index in [0.717, 1.165) is 27.7 Å². The van der Waals surface area contributed by atoms with Crippen molar-refractivity contribution in [1.29, 1.82) is 0 Å². The predicted octanol–water partition coefficient (Wildman–Crippen LogP) is 3.85. The van der Waals surface area contributed by atoms with Gasteiger partial charge in [0.1, 0.15) is 12.4 Å². The number of aryl methyl sites for hydroxylation is 1. The lowest BCUT2D eigenvalue weighted by Crippen LogP contribution is -1.98. The van der Waals surface area contributed by atoms with E-state index in [2.05, 4.69) is 22.1 Å². The van der Waals surface area contributed by atoms with Crippen LogP contribution in [0.5, 0.6) is 5.75 Å². The first kappa shape index (κ1) is 14.3. The molecule has 1 aromatic heterocycles. The largest absolute Gasteiger partial charge is 0.489 e. The summed E-state index contributed by atoms with van der Waals surface area (Å²) in [6.45, 7) is 8.22. The molecule has 1 N–H and O–H groups in total. The van der Waals surface area contributed by atoms with E-state index in [4.69, 9.17) is 4.74 Å². The predicted molar refractivity (Wildman–Crippen MR) is 84.8 cm³/mol. The summed E-state index contributed by atoms with van der Waals surface area (Å²) in [4.78, 5) is 4.27. The normalized spacial score (nSPS) is 10.7. The number of hydrogen-bond acceptors (Lipinski definition) is 5. The number of rotatable bonds is 6. The molecule has 4 nitrogen and oxygen atoms in total. The second kappa shape index (κ2) is 6.86. The molecular weight excluding hydrogens is 270 g/mol. The highest BCUT2D eigenvalue weighted by Crippen LogP contribution is 2.15. The summed E-state index contributed by atoms with van der Waals surface area (Å²) >= 11 is 1.53. The molecule has 2 rings (SSSR count). The van der Waals surface area contributed by atoms with E-state index in [9.17, 15) is 0 Å². The maximum absolute atomic E-state index is 5.58. The minimum atomic E-state index is 0.525. The van der Waals surface area contributed by atoms with Gasteiger partial charge in [-0.1, -0.05) is 18.7 Å². The Labute approximate surface area is 122 Å². The van der Waals surface area contributed by atoms with Crippen molar-refractivity contribution in [3.63, 3.8) is 0 Å². The SMILES string of the molecule is C=C(C)COc1cccc(C=NNc2nc(C)cs2)c1. The van der Waals surface area contributed by atoms with Crippen LogP contribution in [0.2, 0.25) is 0 Å². The van der Waals surface area contributed by atoms with Crippen LogP contribution >= 0.6 is 11.3 Å². The van der Waals surface area contributed by atoms with E-state index in [1.165, 1.54) is 11.3 Å². The van der Waals surface area contributed by atoms with E-state index in [1.807, 2.05) is 43.5 Å². The molecule has 0 bridgehead atoms. The Hall–Kier alpha value is -2.14. The summed E-state index contributed by atoms with van der Waals surface area (Å²) in [5.41, 5.74) is 5.85. The van der Waals surface area contributed by atoms with Gasteiger partial charge in [0.25, 0.3) is 0 Å². The average Bonchev–Trinajstić information content (AvgIpc) is 2.83. The molecule has 0 saturated carbocycles. The van der Waals surface area contributed by atoms with E-state index in [-0.39, 0.29) is 0 Å². The van der Waals surface area contributed by atoms with Crippen molar-refractivity contribution in [3.05, 3.63) is 53.1 Å². The maximum atomic E-state index is 5.58. The number of nitrogens with one attached hydrogen (secondary N) is 1. The van der Waals surface area contributed by atoms with Crippen LogP contribution in [-0.4, -0.2) is 17.8 Å². The highest BCUT2D eigenvalue weighted by atomic mass is 32.1. The molecule has 0 atom stereocenters. The summed E-state index contributed by atoms with van der Waals surface area (Å²) in [6.07, 6.45) is 1.74. The number of ether oxygens (including phenoxy) is 1. The third-order valence-corrected chi connectivity index (χ3v) is 3.20. The molecule has 1 aromatic carbocycles. The summed E-state index contributed by atoms with van der Waals surface area (Å²) in [7, 11) is 0. The molecule has 0 radical (unpaired) electrons. The summed E-state index contributed by atoms with van der Waals surface area (Å²) in [5, 5.41) is 6.92. The molecule has 20 heavy (non-hydrogen) atoms. The van der Waals surface area contributed by atoms with Gasteiger partial charge in [0, 0.05) is 5.38 Å². The van der Waals surface area contributed by atoms with Crippen molar-refractivity contribution in [2.75, 3.05) is 12.0 Å². The van der Waals surface area contributed by atoms with Gasteiger partial charge in [0.15, 0.2) is 0 Å². The Morgan fingerprint density at radius 1 is 1.55 bits per heavy atom. The monoisotopic (exact) mass is 287 g/mol. The first-order valence-electron chi connectivity index (χ1n) is 6.22. The van der Waals surface area contributed by atoms with Crippen molar-refractivity contribution in [2.24, 2.45) is 5.10 Å². The Morgan fingerprint density at radius 2 is 2.40 bits per heavy atom. The molecule has 0 aliphatic heterocycles. The van der Waals surface area contributed by atoms with Gasteiger partial charge in [-0.15, -0.1) is 11.3 Å². The quantitative estimate of drug-likeness (QED) is 0.498. The van der Waals surface area contributed by atoms with Crippen molar-refractivity contribution in [1.82, 2.24) is 4.98 Å². The molecule has 0 aliphatic carbocycles. The third kappa shape index (κ3) is 4.51. The smallest absolute Gasteiger partial charge is 0.203 e. The first-order valence-corrected chi connectivity index (χ1v) is 7.10. The van der Waals surface area contributed by atoms with E-state index >= 15 is 0 Å². The first-order chi connectivity index (χ1) is 9.63. The van der Waals surface area contributed by atoms with Crippen molar-refractivity contribution < 1.29 is 4.74 Å². The zero-order chi connectivity index (χ0) is 14.4. The minimum Gasteiger partial charge on any atom is -0.489 e. The molecule has 0 fully saturated rings. The Balaban J connectivity index is 1.95. The maximum Gasteiger partial charge on any atom is 0.203 e. The van der Waals surface area contributed by atoms with E-state index in [0.29, 0.717) is 6.61 Å². The number of benzene rings is 1. The second-order valence-electron chi connectivity index (χ2n) is 4.48. The lowest BCUT2D eigenvalue weighted by atomic mass is 10.2. The number of anilines is 1. The number of nitrogens with zero attached hydrogens (tertiary/aromatic N) is 2. The Kier molecular flexibility index (Phi) is 4.90. The highest BCUT2D eigenvalue weighted by molar-refractivity contribution is 7.13. The fourth-order valence-electron chi connectivity index (χ4n) is 1.46. The third-order valence-electron chi connectivity index (χ3n) is 2.34. The molecular formula is C15H17N3OS. The molecule has 0 spiro atoms. The van der Waals surface area contributed by atoms with Crippen molar-refractivity contribution in [2.45, 2.75) is 13.8 Å². The standard InChI is InChI=1S/C15H17N3OS/c1-11(2)9-19-14-6-4-5-13(7-14)8-16-18-15-17-12(3)10-20-15/h4-8,10H,1,9H2,2-3H3,(H,17,18). The minimum absolute atomic E-state index is 0.525. The molecule has 0 saturated heterocycles. The molecule has 1 heterocycles. The van der Waals surface area contributed by atoms with Crippen LogP contribution in [0.3, 0.4) is 0 Å². The molecule has 104 valence electrons. The van der Waals surface area contributed by atoms with Crippen LogP contribution in [0.4, 0.5) is 5.13 Å². The molecule has 2 aromatic rings. The van der Waals surface area contributed by atoms with Gasteiger partial charge in [0.05, 0.1) is 11.9 Å². The van der Waals surface area contributed by atoms with Crippen molar-refractivity contribution >= 4 is 22.7 Å². The number of aromatic nitrogens is 1. The van der Waals surface area contributed by atoms with Gasteiger partial charge in [-0.2, -0.15) is 5.10 Å². The van der Waals surface area contributed by atoms with Gasteiger partial charge in [-0.3, -0.25) is 5.43 Å². The topological polar surface area (TPSA) is 46.5 Å². The van der Waals surface area contributed by atoms with Gasteiger partial charge in [0.2, 0.25) is 5.13 Å². The number of thiazole rings is 1. The molecule has 0 aliphatic rings. The van der Waals surface area contributed by atoms with Gasteiger partial charge >= 0.3 is 0 Å². The number of hydrogen-bond donors (Lipinski definition) is 1. The molecule has 0 amide bonds. The van der Waals surface area contributed by atoms with Crippen LogP contribution in [0.25, 0.3) is 0 Å². The summed E-state index contributed by atoms with van der Waals surface area (Å²) < 4.78 is 5.58. The lowest BCUT2D eigenvalue weighted by Gasteiger charge is -2.05. The van der Waals surface area contributed by atoms with Crippen molar-refractivity contribution in [3.8, 4) is 5.75 Å². The fraction of sp³-hybridized carbons (Fsp3) is 0.200. The van der Waals surface area contributed by atoms with Gasteiger partial charge in [-0.25, -0.2) is 4.98 Å². The summed E-state index contributed by atoms with van der Waals surface area (Å²) in [5.74, 6) is 0.807. The highest BCUT2D eigenvalue weighted by Gasteiger charge is 1.97. The zero-order valence-electron chi connectivity index (χ0n) is 11.6. The van der Waals surface area contributed by atoms with Crippen LogP contribution in [0.15, 0.2) is 46.9 Å². The second-order valence-corrected chi connectivity index (χ2v) is 5.34. The average molecular weight is 287 g/mol. The molecule has 0 unspecified atom stereocenters. The molecule has 5 heteroatoms. The Morgan fingerprint density at radius 3 is 3.10 bits per heavy atom.